The molecule has 0 spiro atoms. The van der Waals surface area contributed by atoms with Crippen molar-refractivity contribution < 1.29 is 23.8 Å². The number of nitrogens with two attached hydrogens (primary N) is 1. The maximum atomic E-state index is 13.7. The number of nitrogen functional groups attached to an aromatic ring is 1. The number of halogens is 1. The molecule has 0 aromatic heterocycles. The quantitative estimate of drug-likeness (QED) is 0.571. The topological polar surface area (TPSA) is 102 Å². The lowest BCUT2D eigenvalue weighted by Gasteiger charge is -2.19. The molecule has 0 atom stereocenters. The predicted octanol–water partition coefficient (Wildman–Crippen LogP) is 3.03. The second-order valence-corrected chi connectivity index (χ2v) is 5.89. The molecule has 0 saturated heterocycles. The van der Waals surface area contributed by atoms with Gasteiger partial charge in [0, 0.05) is 17.8 Å². The molecular formula is C16H21FN2O4. The first-order valence-corrected chi connectivity index (χ1v) is 7.06. The minimum Gasteiger partial charge on any atom is -0.478 e. The molecule has 0 fully saturated rings. The van der Waals surface area contributed by atoms with Crippen LogP contribution in [0.4, 0.5) is 14.9 Å². The summed E-state index contributed by atoms with van der Waals surface area (Å²) in [6.45, 7) is 5.59. The van der Waals surface area contributed by atoms with E-state index in [0.717, 1.165) is 6.07 Å². The molecule has 0 aliphatic heterocycles. The monoisotopic (exact) mass is 324 g/mol. The zero-order valence-corrected chi connectivity index (χ0v) is 13.4. The number of aromatic carboxylic acids is 1. The Bertz CT molecular complexity index is 621. The molecule has 0 saturated carbocycles. The highest BCUT2D eigenvalue weighted by Gasteiger charge is 2.15. The molecule has 1 aromatic rings. The number of hydrogen-bond donors (Lipinski definition) is 3. The Kier molecular flexibility index (Phi) is 6.12. The van der Waals surface area contributed by atoms with Crippen molar-refractivity contribution in [3.8, 4) is 0 Å². The first-order valence-electron chi connectivity index (χ1n) is 7.06. The Morgan fingerprint density at radius 1 is 1.39 bits per heavy atom. The van der Waals surface area contributed by atoms with Gasteiger partial charge in [-0.05, 0) is 39.3 Å². The summed E-state index contributed by atoms with van der Waals surface area (Å²) in [5.41, 5.74) is 4.71. The van der Waals surface area contributed by atoms with E-state index in [1.807, 2.05) is 0 Å². The highest BCUT2D eigenvalue weighted by atomic mass is 19.1. The van der Waals surface area contributed by atoms with Crippen molar-refractivity contribution in [1.82, 2.24) is 5.32 Å². The van der Waals surface area contributed by atoms with Gasteiger partial charge in [-0.25, -0.2) is 14.0 Å². The number of benzene rings is 1. The second-order valence-electron chi connectivity index (χ2n) is 5.89. The lowest BCUT2D eigenvalue weighted by atomic mass is 10.1. The summed E-state index contributed by atoms with van der Waals surface area (Å²) >= 11 is 0. The van der Waals surface area contributed by atoms with E-state index in [1.54, 1.807) is 26.8 Å². The summed E-state index contributed by atoms with van der Waals surface area (Å²) in [5.74, 6) is -1.83. The van der Waals surface area contributed by atoms with Gasteiger partial charge >= 0.3 is 12.1 Å². The average Bonchev–Trinajstić information content (AvgIpc) is 2.38. The molecule has 0 unspecified atom stereocenters. The summed E-state index contributed by atoms with van der Waals surface area (Å²) < 4.78 is 18.8. The summed E-state index contributed by atoms with van der Waals surface area (Å²) in [5, 5.41) is 11.5. The first-order chi connectivity index (χ1) is 10.6. The van der Waals surface area contributed by atoms with E-state index in [2.05, 4.69) is 5.32 Å². The van der Waals surface area contributed by atoms with Gasteiger partial charge in [-0.3, -0.25) is 0 Å². The van der Waals surface area contributed by atoms with E-state index in [1.165, 1.54) is 12.1 Å². The number of carbonyl (C=O) groups excluding carboxylic acids is 1. The minimum atomic E-state index is -1.22. The number of anilines is 1. The van der Waals surface area contributed by atoms with Crippen molar-refractivity contribution in [2.24, 2.45) is 0 Å². The Morgan fingerprint density at radius 2 is 2.04 bits per heavy atom. The van der Waals surface area contributed by atoms with Crippen molar-refractivity contribution in [3.63, 3.8) is 0 Å². The van der Waals surface area contributed by atoms with Crippen LogP contribution in [0.2, 0.25) is 0 Å². The molecule has 4 N–H and O–H groups in total. The van der Waals surface area contributed by atoms with E-state index in [-0.39, 0.29) is 16.8 Å². The van der Waals surface area contributed by atoms with E-state index < -0.39 is 23.5 Å². The molecule has 0 radical (unpaired) electrons. The molecule has 23 heavy (non-hydrogen) atoms. The number of hydrogen-bond acceptors (Lipinski definition) is 4. The Morgan fingerprint density at radius 3 is 2.61 bits per heavy atom. The predicted molar refractivity (Wildman–Crippen MR) is 85.7 cm³/mol. The van der Waals surface area contributed by atoms with Crippen molar-refractivity contribution in [3.05, 3.63) is 35.2 Å². The molecule has 0 aliphatic rings. The van der Waals surface area contributed by atoms with Crippen LogP contribution in [-0.2, 0) is 4.74 Å². The lowest BCUT2D eigenvalue weighted by Crippen LogP contribution is -2.32. The fraction of sp³-hybridized carbons (Fsp3) is 0.375. The molecule has 6 nitrogen and oxygen atoms in total. The summed E-state index contributed by atoms with van der Waals surface area (Å²) in [7, 11) is 0. The summed E-state index contributed by atoms with van der Waals surface area (Å²) in [4.78, 5) is 22.4. The van der Waals surface area contributed by atoms with Gasteiger partial charge in [0.25, 0.3) is 0 Å². The summed E-state index contributed by atoms with van der Waals surface area (Å²) in [6, 6.07) is 2.15. The smallest absolute Gasteiger partial charge is 0.407 e. The number of amides is 1. The maximum Gasteiger partial charge on any atom is 0.407 e. The van der Waals surface area contributed by atoms with Gasteiger partial charge in [0.1, 0.15) is 11.4 Å². The molecule has 1 rings (SSSR count). The molecule has 1 amide bonds. The Labute approximate surface area is 134 Å². The minimum absolute atomic E-state index is 0.119. The van der Waals surface area contributed by atoms with Crippen LogP contribution >= 0.6 is 0 Å². The summed E-state index contributed by atoms with van der Waals surface area (Å²) in [6.07, 6.45) is 2.97. The van der Waals surface area contributed by atoms with Crippen molar-refractivity contribution in [2.45, 2.75) is 32.8 Å². The fourth-order valence-electron chi connectivity index (χ4n) is 1.70. The van der Waals surface area contributed by atoms with Crippen LogP contribution in [-0.4, -0.2) is 29.3 Å². The molecule has 0 aliphatic carbocycles. The third kappa shape index (κ3) is 6.37. The highest BCUT2D eigenvalue weighted by molar-refractivity contribution is 5.94. The van der Waals surface area contributed by atoms with Gasteiger partial charge in [0.05, 0.1) is 5.56 Å². The van der Waals surface area contributed by atoms with Gasteiger partial charge < -0.3 is 20.9 Å². The number of nitrogens with one attached hydrogen (secondary N) is 1. The molecule has 0 heterocycles. The van der Waals surface area contributed by atoms with Crippen LogP contribution in [0, 0.1) is 5.82 Å². The van der Waals surface area contributed by atoms with Crippen LogP contribution < -0.4 is 11.1 Å². The highest BCUT2D eigenvalue weighted by Crippen LogP contribution is 2.19. The van der Waals surface area contributed by atoms with Gasteiger partial charge in [-0.2, -0.15) is 0 Å². The zero-order chi connectivity index (χ0) is 17.6. The van der Waals surface area contributed by atoms with Crippen LogP contribution in [0.15, 0.2) is 18.2 Å². The number of rotatable bonds is 5. The second kappa shape index (κ2) is 7.62. The molecular weight excluding hydrogens is 303 g/mol. The van der Waals surface area contributed by atoms with Gasteiger partial charge in [-0.1, -0.05) is 12.2 Å². The number of carboxylic acids is 1. The van der Waals surface area contributed by atoms with Crippen LogP contribution in [0.25, 0.3) is 6.08 Å². The Balaban J connectivity index is 2.57. The van der Waals surface area contributed by atoms with Gasteiger partial charge in [-0.15, -0.1) is 0 Å². The normalized spacial score (nSPS) is 11.5. The van der Waals surface area contributed by atoms with Crippen LogP contribution in [0.5, 0.6) is 0 Å². The fourth-order valence-corrected chi connectivity index (χ4v) is 1.70. The lowest BCUT2D eigenvalue weighted by molar-refractivity contribution is 0.0528. The van der Waals surface area contributed by atoms with Gasteiger partial charge in [0.2, 0.25) is 0 Å². The molecule has 7 heteroatoms. The third-order valence-corrected chi connectivity index (χ3v) is 2.68. The van der Waals surface area contributed by atoms with Crippen LogP contribution in [0.3, 0.4) is 0 Å². The first kappa shape index (κ1) is 18.5. The average molecular weight is 324 g/mol. The maximum absolute atomic E-state index is 13.7. The molecule has 1 aromatic carbocycles. The van der Waals surface area contributed by atoms with E-state index in [0.29, 0.717) is 13.0 Å². The van der Waals surface area contributed by atoms with Crippen molar-refractivity contribution in [2.75, 3.05) is 12.3 Å². The molecule has 126 valence electrons. The standard InChI is InChI=1S/C16H21FN2O4/c1-16(2,3)23-15(22)19-7-5-4-6-10-8-11(14(20)21)13(18)9-12(10)17/h4,6,8-9H,5,7,18H2,1-3H3,(H,19,22)(H,20,21). The number of carboxylic acid groups (broad SMARTS) is 1. The van der Waals surface area contributed by atoms with Crippen molar-refractivity contribution >= 4 is 23.8 Å². The van der Waals surface area contributed by atoms with E-state index >= 15 is 0 Å². The number of carbonyl (C=O) groups is 2. The van der Waals surface area contributed by atoms with Gasteiger partial charge in [0.15, 0.2) is 0 Å². The number of alkyl carbamates (subject to hydrolysis) is 1. The molecule has 0 bridgehead atoms. The van der Waals surface area contributed by atoms with Crippen molar-refractivity contribution in [1.29, 1.82) is 0 Å². The zero-order valence-electron chi connectivity index (χ0n) is 13.4. The van der Waals surface area contributed by atoms with E-state index in [4.69, 9.17) is 15.6 Å². The third-order valence-electron chi connectivity index (χ3n) is 2.68. The SMILES string of the molecule is CC(C)(C)OC(=O)NCCC=Cc1cc(C(=O)O)c(N)cc1F. The largest absolute Gasteiger partial charge is 0.478 e. The van der Waals surface area contributed by atoms with Crippen LogP contribution in [0.1, 0.15) is 43.1 Å². The Hall–Kier alpha value is -2.57. The van der Waals surface area contributed by atoms with E-state index in [9.17, 15) is 14.0 Å². The number of ether oxygens (including phenoxy) is 1.